The van der Waals surface area contributed by atoms with Crippen LogP contribution in [0.1, 0.15) is 95.2 Å². The first-order valence-corrected chi connectivity index (χ1v) is 21.9. The van der Waals surface area contributed by atoms with Crippen LogP contribution in [0.4, 0.5) is 17.2 Å². The van der Waals surface area contributed by atoms with Crippen LogP contribution in [0.5, 0.6) is 0 Å². The molecule has 10 rings (SSSR count). The molecule has 1 unspecified atom stereocenters. The van der Waals surface area contributed by atoms with Crippen LogP contribution in [0.25, 0.3) is 11.2 Å². The van der Waals surface area contributed by atoms with E-state index in [0.717, 1.165) is 104 Å². The van der Waals surface area contributed by atoms with Gasteiger partial charge in [0.1, 0.15) is 12.4 Å². The first kappa shape index (κ1) is 39.6. The number of carbonyl (C=O) groups is 5. The zero-order valence-corrected chi connectivity index (χ0v) is 34.5. The first-order chi connectivity index (χ1) is 30.2. The number of hydrogen-bond acceptors (Lipinski definition) is 11. The maximum absolute atomic E-state index is 13.4. The Morgan fingerprint density at radius 2 is 1.55 bits per heavy atom. The maximum Gasteiger partial charge on any atom is 0.262 e. The number of aromatic nitrogens is 4. The second kappa shape index (κ2) is 16.8. The fourth-order valence-corrected chi connectivity index (χ4v) is 10.0. The fraction of sp³-hybridized carbons (Fsp3) is 0.404. The molecule has 5 aromatic rings. The highest BCUT2D eigenvalue weighted by molar-refractivity contribution is 6.23. The average molecular weight is 835 g/mol. The van der Waals surface area contributed by atoms with Gasteiger partial charge in [-0.25, -0.2) is 15.0 Å². The molecule has 3 aromatic carbocycles. The molecule has 4 fully saturated rings. The summed E-state index contributed by atoms with van der Waals surface area (Å²) in [5.41, 5.74) is 6.38. The van der Waals surface area contributed by atoms with Crippen molar-refractivity contribution < 1.29 is 24.0 Å². The summed E-state index contributed by atoms with van der Waals surface area (Å²) in [7, 11) is 0. The smallest absolute Gasteiger partial charge is 0.262 e. The summed E-state index contributed by atoms with van der Waals surface area (Å²) in [5, 5.41) is 8.90. The van der Waals surface area contributed by atoms with Crippen molar-refractivity contribution in [3.8, 4) is 0 Å². The van der Waals surface area contributed by atoms with Gasteiger partial charge >= 0.3 is 0 Å². The molecule has 15 nitrogen and oxygen atoms in total. The number of nitrogens with zero attached hydrogens (tertiary/aromatic N) is 7. The highest BCUT2D eigenvalue weighted by Gasteiger charge is 2.45. The van der Waals surface area contributed by atoms with Gasteiger partial charge in [-0.2, -0.15) is 0 Å². The van der Waals surface area contributed by atoms with Gasteiger partial charge < -0.3 is 25.0 Å². The minimum atomic E-state index is -0.963. The maximum atomic E-state index is 13.4. The largest absolute Gasteiger partial charge is 0.371 e. The molecule has 2 aromatic heterocycles. The topological polar surface area (TPSA) is 175 Å². The lowest BCUT2D eigenvalue weighted by molar-refractivity contribution is -0.136. The molecule has 3 saturated heterocycles. The van der Waals surface area contributed by atoms with E-state index in [0.29, 0.717) is 35.2 Å². The second-order valence-corrected chi connectivity index (χ2v) is 17.5. The number of hydrogen-bond donors (Lipinski definition) is 3. The van der Waals surface area contributed by atoms with E-state index in [9.17, 15) is 24.0 Å². The number of fused-ring (bicyclic) bond motifs is 2. The molecular formula is C47H50N10O5. The number of imidazole rings is 1. The van der Waals surface area contributed by atoms with Crippen molar-refractivity contribution in [2.24, 2.45) is 5.92 Å². The highest BCUT2D eigenvalue weighted by atomic mass is 16.2. The number of carbonyl (C=O) groups excluding carboxylic acids is 5. The van der Waals surface area contributed by atoms with Gasteiger partial charge in [-0.05, 0) is 111 Å². The van der Waals surface area contributed by atoms with Crippen LogP contribution in [0.15, 0.2) is 85.5 Å². The second-order valence-electron chi connectivity index (χ2n) is 17.5. The van der Waals surface area contributed by atoms with Gasteiger partial charge in [0.25, 0.3) is 11.8 Å². The SMILES string of the molecule is O=C1CCC(N2C(=O)c3ccc(N4CCC(CN5CCC(c6ccc(Nc7ncnc8c7ncn8C7CC(NC(=O)Cc8ccccc8)C7)cc6)CC5)CC4)cc3C2=O)C(=O)N1. The molecule has 0 bridgehead atoms. The molecule has 62 heavy (non-hydrogen) atoms. The van der Waals surface area contributed by atoms with Crippen molar-refractivity contribution in [1.82, 2.24) is 40.0 Å². The van der Waals surface area contributed by atoms with Crippen molar-refractivity contribution in [3.63, 3.8) is 0 Å². The quantitative estimate of drug-likeness (QED) is 0.151. The highest BCUT2D eigenvalue weighted by Crippen LogP contribution is 2.37. The Morgan fingerprint density at radius 3 is 2.31 bits per heavy atom. The Labute approximate surface area is 359 Å². The summed E-state index contributed by atoms with van der Waals surface area (Å²) in [6, 6.07) is 23.3. The van der Waals surface area contributed by atoms with Gasteiger partial charge in [0, 0.05) is 49.5 Å². The minimum Gasteiger partial charge on any atom is -0.371 e. The molecule has 15 heteroatoms. The van der Waals surface area contributed by atoms with Crippen LogP contribution in [0.3, 0.4) is 0 Å². The normalized spacial score (nSPS) is 22.4. The van der Waals surface area contributed by atoms with Crippen LogP contribution in [-0.2, 0) is 20.8 Å². The van der Waals surface area contributed by atoms with Gasteiger partial charge in [-0.3, -0.25) is 34.2 Å². The average Bonchev–Trinajstić information content (AvgIpc) is 3.81. The lowest BCUT2D eigenvalue weighted by Crippen LogP contribution is -2.54. The van der Waals surface area contributed by atoms with Gasteiger partial charge in [0.2, 0.25) is 17.7 Å². The van der Waals surface area contributed by atoms with Crippen LogP contribution in [0.2, 0.25) is 0 Å². The van der Waals surface area contributed by atoms with Gasteiger partial charge in [-0.15, -0.1) is 0 Å². The number of benzene rings is 3. The molecule has 3 N–H and O–H groups in total. The number of nitrogens with one attached hydrogen (secondary N) is 3. The van der Waals surface area contributed by atoms with E-state index < -0.39 is 23.8 Å². The van der Waals surface area contributed by atoms with Crippen molar-refractivity contribution >= 4 is 57.9 Å². The fourth-order valence-electron chi connectivity index (χ4n) is 10.0. The Hall–Kier alpha value is -6.48. The van der Waals surface area contributed by atoms with Crippen molar-refractivity contribution in [2.75, 3.05) is 42.9 Å². The third-order valence-electron chi connectivity index (χ3n) is 13.6. The van der Waals surface area contributed by atoms with Crippen molar-refractivity contribution in [3.05, 3.63) is 108 Å². The number of anilines is 3. The molecule has 5 aliphatic rings. The van der Waals surface area contributed by atoms with Crippen molar-refractivity contribution in [2.45, 2.75) is 81.8 Å². The Balaban J connectivity index is 0.675. The summed E-state index contributed by atoms with van der Waals surface area (Å²) < 4.78 is 2.10. The van der Waals surface area contributed by atoms with Crippen LogP contribution >= 0.6 is 0 Å². The number of likely N-dealkylation sites (tertiary alicyclic amines) is 1. The number of imide groups is 2. The van der Waals surface area contributed by atoms with Gasteiger partial charge in [0.15, 0.2) is 17.0 Å². The molecular weight excluding hydrogens is 785 g/mol. The van der Waals surface area contributed by atoms with Crippen LogP contribution in [-0.4, -0.2) is 104 Å². The van der Waals surface area contributed by atoms with Crippen molar-refractivity contribution in [1.29, 1.82) is 0 Å². The van der Waals surface area contributed by atoms with E-state index in [1.165, 1.54) is 5.56 Å². The Morgan fingerprint density at radius 1 is 0.790 bits per heavy atom. The Bertz CT molecular complexity index is 2520. The van der Waals surface area contributed by atoms with E-state index in [1.807, 2.05) is 42.7 Å². The molecule has 1 atom stereocenters. The number of amides is 5. The Kier molecular flexibility index (Phi) is 10.7. The summed E-state index contributed by atoms with van der Waals surface area (Å²) in [4.78, 5) is 82.9. The summed E-state index contributed by atoms with van der Waals surface area (Å²) in [6.45, 7) is 4.97. The molecule has 6 heterocycles. The molecule has 1 aliphatic carbocycles. The third kappa shape index (κ3) is 7.92. The van der Waals surface area contributed by atoms with Crippen LogP contribution in [0, 0.1) is 5.92 Å². The lowest BCUT2D eigenvalue weighted by Gasteiger charge is -2.38. The predicted octanol–water partition coefficient (Wildman–Crippen LogP) is 5.13. The molecule has 0 radical (unpaired) electrons. The standard InChI is InChI=1S/C47H50N10O5/c58-40-13-12-39(45(60)53-40)57-46(61)37-11-10-35(25-38(37)47(57)62)55-20-14-30(15-21-55)26-54-18-16-32(17-19-54)31-6-8-33(9-7-31)52-43-42-44(49-27-48-43)56(28-50-42)36-23-34(24-36)51-41(59)22-29-4-2-1-3-5-29/h1-11,25,27-28,30,32,34,36,39H,12-24,26H2,(H,51,59)(H,48,49,52)(H,53,58,60). The number of rotatable bonds is 11. The minimum absolute atomic E-state index is 0.0475. The molecule has 4 aliphatic heterocycles. The molecule has 1 saturated carbocycles. The number of piperidine rings is 3. The zero-order valence-electron chi connectivity index (χ0n) is 34.5. The van der Waals surface area contributed by atoms with E-state index in [2.05, 4.69) is 64.6 Å². The first-order valence-electron chi connectivity index (χ1n) is 21.9. The zero-order chi connectivity index (χ0) is 42.3. The summed E-state index contributed by atoms with van der Waals surface area (Å²) in [6.07, 6.45) is 10.1. The van der Waals surface area contributed by atoms with E-state index >= 15 is 0 Å². The monoisotopic (exact) mass is 834 g/mol. The van der Waals surface area contributed by atoms with E-state index in [-0.39, 0.29) is 36.7 Å². The van der Waals surface area contributed by atoms with Gasteiger partial charge in [-0.1, -0.05) is 42.5 Å². The predicted molar refractivity (Wildman–Crippen MR) is 232 cm³/mol. The molecule has 5 amide bonds. The van der Waals surface area contributed by atoms with Gasteiger partial charge in [0.05, 0.1) is 23.9 Å². The van der Waals surface area contributed by atoms with E-state index in [1.54, 1.807) is 18.5 Å². The molecule has 0 spiro atoms. The third-order valence-corrected chi connectivity index (χ3v) is 13.6. The summed E-state index contributed by atoms with van der Waals surface area (Å²) in [5.74, 6) is -0.102. The summed E-state index contributed by atoms with van der Waals surface area (Å²) >= 11 is 0. The van der Waals surface area contributed by atoms with E-state index in [4.69, 9.17) is 4.98 Å². The lowest BCUT2D eigenvalue weighted by atomic mass is 9.86. The molecule has 318 valence electrons. The van der Waals surface area contributed by atoms with Crippen LogP contribution < -0.4 is 20.9 Å².